The molecule has 3 aliphatic heterocycles. The van der Waals surface area contributed by atoms with E-state index in [0.29, 0.717) is 5.92 Å². The zero-order valence-electron chi connectivity index (χ0n) is 26.3. The van der Waals surface area contributed by atoms with E-state index in [9.17, 15) is 0 Å². The lowest BCUT2D eigenvalue weighted by Crippen LogP contribution is -2.48. The number of hydrogen-bond donors (Lipinski definition) is 0. The summed E-state index contributed by atoms with van der Waals surface area (Å²) in [6, 6.07) is 20.1. The van der Waals surface area contributed by atoms with Crippen LogP contribution in [0.5, 0.6) is 0 Å². The number of allylic oxidation sites excluding steroid dienone is 10. The molecular formula is C42H35BN2O2. The normalized spacial score (nSPS) is 29.3. The van der Waals surface area contributed by atoms with Crippen LogP contribution in [0.2, 0.25) is 5.82 Å². The highest BCUT2D eigenvalue weighted by Gasteiger charge is 2.59. The minimum atomic E-state index is 0.0715. The second-order valence-electron chi connectivity index (χ2n) is 14.2. The second-order valence-corrected chi connectivity index (χ2v) is 14.2. The van der Waals surface area contributed by atoms with Gasteiger partial charge in [-0.3, -0.25) is 0 Å². The molecule has 47 heavy (non-hydrogen) atoms. The number of rotatable bonds is 2. The fourth-order valence-corrected chi connectivity index (χ4v) is 10.1. The van der Waals surface area contributed by atoms with Crippen molar-refractivity contribution in [1.82, 2.24) is 4.57 Å². The molecule has 1 aromatic heterocycles. The van der Waals surface area contributed by atoms with E-state index in [1.54, 1.807) is 0 Å². The fourth-order valence-electron chi connectivity index (χ4n) is 10.1. The van der Waals surface area contributed by atoms with Gasteiger partial charge in [-0.15, -0.1) is 0 Å². The summed E-state index contributed by atoms with van der Waals surface area (Å²) in [5.41, 5.74) is 11.6. The van der Waals surface area contributed by atoms with E-state index in [1.807, 2.05) is 0 Å². The monoisotopic (exact) mass is 610 g/mol. The SMILES string of the molecule is C=C1C=CC2=C1OC1=C3C(C[C@@H]4OC5=C(CCC=C5)B2C14)C1C=CC(n2c4c(c5ccccc52)CCC=C4)=CC1N3c1ccccc1. The molecule has 4 nitrogen and oxygen atoms in total. The van der Waals surface area contributed by atoms with Gasteiger partial charge < -0.3 is 18.9 Å². The lowest BCUT2D eigenvalue weighted by atomic mass is 9.28. The first-order valence-corrected chi connectivity index (χ1v) is 17.4. The fraction of sp³-hybridized carbons (Fsp3) is 0.238. The molecule has 5 atom stereocenters. The number of hydrogen-bond acceptors (Lipinski definition) is 3. The molecule has 5 aliphatic carbocycles. The van der Waals surface area contributed by atoms with Crippen LogP contribution in [0.3, 0.4) is 0 Å². The number of nitrogens with zero attached hydrogens (tertiary/aromatic N) is 2. The number of ether oxygens (including phenoxy) is 2. The molecule has 0 spiro atoms. The Morgan fingerprint density at radius 2 is 1.72 bits per heavy atom. The molecule has 4 unspecified atom stereocenters. The highest BCUT2D eigenvalue weighted by molar-refractivity contribution is 6.77. The van der Waals surface area contributed by atoms with Gasteiger partial charge in [0.25, 0.3) is 0 Å². The third-order valence-electron chi connectivity index (χ3n) is 11.9. The Bertz CT molecular complexity index is 2190. The van der Waals surface area contributed by atoms with E-state index in [-0.39, 0.29) is 30.6 Å². The molecule has 2 aromatic carbocycles. The molecule has 1 fully saturated rings. The largest absolute Gasteiger partial charge is 0.491 e. The summed E-state index contributed by atoms with van der Waals surface area (Å²) in [7, 11) is 0. The van der Waals surface area contributed by atoms with Crippen molar-refractivity contribution in [2.24, 2.45) is 11.8 Å². The standard InChI is InChI=1S/C42H35BN2O2/c1-25-19-22-33-41(25)47-42-39-38(46-37-18-10-7-15-32(37)43(33)39)24-31-30-21-20-27(23-36(30)45(40(31)42)26-11-3-2-4-12-26)44-34-16-8-5-13-28(34)29-14-6-9-17-35(29)44/h2-5,8-13,16-23,30-31,36,38-39H,1,6-7,14-15,24H2/t30?,31?,36?,38-,39?/m0/s1. The van der Waals surface area contributed by atoms with E-state index in [2.05, 4.69) is 125 Å². The summed E-state index contributed by atoms with van der Waals surface area (Å²) in [6.45, 7) is 4.69. The molecule has 3 aromatic rings. The van der Waals surface area contributed by atoms with E-state index >= 15 is 0 Å². The summed E-state index contributed by atoms with van der Waals surface area (Å²) < 4.78 is 16.6. The number of benzene rings is 2. The van der Waals surface area contributed by atoms with Crippen LogP contribution in [-0.2, 0) is 15.9 Å². The number of fused-ring (bicyclic) bond motifs is 8. The molecule has 0 bridgehead atoms. The first-order chi connectivity index (χ1) is 23.2. The summed E-state index contributed by atoms with van der Waals surface area (Å²) in [5.74, 6) is 3.90. The minimum absolute atomic E-state index is 0.0715. The molecule has 0 N–H and O–H groups in total. The molecule has 4 heterocycles. The maximum absolute atomic E-state index is 7.12. The summed E-state index contributed by atoms with van der Waals surface area (Å²) >= 11 is 0. The summed E-state index contributed by atoms with van der Waals surface area (Å²) in [4.78, 5) is 2.62. The Labute approximate surface area is 275 Å². The first kappa shape index (κ1) is 26.2. The molecule has 0 amide bonds. The molecule has 228 valence electrons. The van der Waals surface area contributed by atoms with Gasteiger partial charge in [0.2, 0.25) is 6.71 Å². The van der Waals surface area contributed by atoms with Crippen LogP contribution < -0.4 is 4.90 Å². The average molecular weight is 611 g/mol. The summed E-state index contributed by atoms with van der Waals surface area (Å²) in [6.07, 6.45) is 26.3. The summed E-state index contributed by atoms with van der Waals surface area (Å²) in [5, 5.41) is 1.37. The van der Waals surface area contributed by atoms with Crippen LogP contribution in [0.4, 0.5) is 5.69 Å². The van der Waals surface area contributed by atoms with Gasteiger partial charge >= 0.3 is 0 Å². The van der Waals surface area contributed by atoms with Crippen molar-refractivity contribution in [3.8, 4) is 0 Å². The van der Waals surface area contributed by atoms with E-state index in [1.165, 1.54) is 50.2 Å². The van der Waals surface area contributed by atoms with Gasteiger partial charge in [0.15, 0.2) is 0 Å². The lowest BCUT2D eigenvalue weighted by molar-refractivity contribution is 0.0660. The van der Waals surface area contributed by atoms with Crippen LogP contribution in [0.25, 0.3) is 22.7 Å². The lowest BCUT2D eigenvalue weighted by Gasteiger charge is -2.48. The van der Waals surface area contributed by atoms with Crippen molar-refractivity contribution < 1.29 is 9.47 Å². The number of aryl methyl sites for hydroxylation is 1. The van der Waals surface area contributed by atoms with Crippen molar-refractivity contribution >= 4 is 35.1 Å². The van der Waals surface area contributed by atoms with Gasteiger partial charge in [0.05, 0.1) is 17.3 Å². The third-order valence-corrected chi connectivity index (χ3v) is 11.9. The average Bonchev–Trinajstić information content (AvgIpc) is 3.77. The topological polar surface area (TPSA) is 26.6 Å². The second kappa shape index (κ2) is 9.57. The van der Waals surface area contributed by atoms with Crippen molar-refractivity contribution in [2.45, 2.75) is 50.1 Å². The van der Waals surface area contributed by atoms with Crippen molar-refractivity contribution in [2.75, 3.05) is 4.90 Å². The predicted molar refractivity (Wildman–Crippen MR) is 190 cm³/mol. The van der Waals surface area contributed by atoms with Crippen LogP contribution >= 0.6 is 0 Å². The third kappa shape index (κ3) is 3.50. The molecular weight excluding hydrogens is 575 g/mol. The molecule has 1 saturated heterocycles. The Kier molecular flexibility index (Phi) is 5.34. The quantitative estimate of drug-likeness (QED) is 0.271. The number of aromatic nitrogens is 1. The first-order valence-electron chi connectivity index (χ1n) is 17.4. The van der Waals surface area contributed by atoms with Gasteiger partial charge in [0, 0.05) is 45.7 Å². The highest BCUT2D eigenvalue weighted by atomic mass is 16.5. The maximum Gasteiger partial charge on any atom is 0.229 e. The Balaban J connectivity index is 1.12. The Morgan fingerprint density at radius 1 is 0.872 bits per heavy atom. The highest BCUT2D eigenvalue weighted by Crippen LogP contribution is 2.60. The zero-order chi connectivity index (χ0) is 30.8. The number of para-hydroxylation sites is 2. The molecule has 0 saturated carbocycles. The molecule has 5 heteroatoms. The van der Waals surface area contributed by atoms with Gasteiger partial charge in [-0.2, -0.15) is 0 Å². The predicted octanol–water partition coefficient (Wildman–Crippen LogP) is 9.10. The van der Waals surface area contributed by atoms with E-state index < -0.39 is 0 Å². The van der Waals surface area contributed by atoms with Crippen LogP contribution in [-0.4, -0.2) is 23.4 Å². The van der Waals surface area contributed by atoms with E-state index in [4.69, 9.17) is 9.47 Å². The van der Waals surface area contributed by atoms with Gasteiger partial charge in [0.1, 0.15) is 23.4 Å². The van der Waals surface area contributed by atoms with Crippen LogP contribution in [0, 0.1) is 11.8 Å². The zero-order valence-corrected chi connectivity index (χ0v) is 26.3. The smallest absolute Gasteiger partial charge is 0.229 e. The van der Waals surface area contributed by atoms with Crippen LogP contribution in [0.15, 0.2) is 149 Å². The molecule has 0 radical (unpaired) electrons. The van der Waals surface area contributed by atoms with Gasteiger partial charge in [-0.1, -0.05) is 78.8 Å². The molecule has 8 aliphatic rings. The van der Waals surface area contributed by atoms with Gasteiger partial charge in [-0.25, -0.2) is 0 Å². The minimum Gasteiger partial charge on any atom is -0.491 e. The molecule has 11 rings (SSSR count). The Morgan fingerprint density at radius 3 is 2.66 bits per heavy atom. The number of anilines is 1. The van der Waals surface area contributed by atoms with Crippen molar-refractivity contribution in [3.63, 3.8) is 0 Å². The van der Waals surface area contributed by atoms with E-state index in [0.717, 1.165) is 55.0 Å². The van der Waals surface area contributed by atoms with Crippen molar-refractivity contribution in [3.05, 3.63) is 161 Å². The van der Waals surface area contributed by atoms with Crippen LogP contribution in [0.1, 0.15) is 36.9 Å². The Hall–Kier alpha value is -4.90. The van der Waals surface area contributed by atoms with Crippen molar-refractivity contribution in [1.29, 1.82) is 0 Å². The van der Waals surface area contributed by atoms with Gasteiger partial charge in [-0.05, 0) is 85.6 Å². The maximum atomic E-state index is 7.12.